The molecule has 0 aliphatic rings. The van der Waals surface area contributed by atoms with Crippen LogP contribution in [0.4, 0.5) is 10.8 Å². The minimum absolute atomic E-state index is 0.0487. The summed E-state index contributed by atoms with van der Waals surface area (Å²) < 4.78 is 0. The number of halogens is 1. The largest absolute Gasteiger partial charge is 0.269 e. The number of rotatable bonds is 5. The maximum atomic E-state index is 10.6. The van der Waals surface area contributed by atoms with E-state index < -0.39 is 4.92 Å². The number of nitrogens with one attached hydrogen (secondary N) is 1. The topological polar surface area (TPSA) is 80.4 Å². The van der Waals surface area contributed by atoms with Gasteiger partial charge in [-0.05, 0) is 29.8 Å². The first kappa shape index (κ1) is 16.1. The second-order valence-electron chi connectivity index (χ2n) is 4.76. The molecule has 1 aromatic heterocycles. The molecule has 0 radical (unpaired) electrons. The predicted molar refractivity (Wildman–Crippen MR) is 96.9 cm³/mol. The fourth-order valence-corrected chi connectivity index (χ4v) is 2.72. The highest BCUT2D eigenvalue weighted by Crippen LogP contribution is 2.25. The Bertz CT molecular complexity index is 876. The van der Waals surface area contributed by atoms with E-state index in [1.165, 1.54) is 23.5 Å². The summed E-state index contributed by atoms with van der Waals surface area (Å²) in [4.78, 5) is 14.6. The van der Waals surface area contributed by atoms with E-state index in [0.29, 0.717) is 10.2 Å². The molecule has 0 aliphatic heterocycles. The zero-order valence-corrected chi connectivity index (χ0v) is 13.8. The molecule has 0 aliphatic carbocycles. The van der Waals surface area contributed by atoms with Gasteiger partial charge in [0, 0.05) is 28.1 Å². The van der Waals surface area contributed by atoms with Crippen molar-refractivity contribution in [2.24, 2.45) is 5.10 Å². The number of benzene rings is 2. The van der Waals surface area contributed by atoms with Crippen LogP contribution in [-0.4, -0.2) is 16.1 Å². The van der Waals surface area contributed by atoms with Crippen molar-refractivity contribution < 1.29 is 4.92 Å². The average molecular weight is 359 g/mol. The molecule has 6 nitrogen and oxygen atoms in total. The molecule has 0 saturated carbocycles. The van der Waals surface area contributed by atoms with Crippen LogP contribution in [0.1, 0.15) is 5.56 Å². The number of nitro benzene ring substituents is 1. The number of aromatic nitrogens is 1. The summed E-state index contributed by atoms with van der Waals surface area (Å²) in [6, 6.07) is 13.6. The lowest BCUT2D eigenvalue weighted by Crippen LogP contribution is -1.91. The van der Waals surface area contributed by atoms with Gasteiger partial charge in [0.15, 0.2) is 0 Å². The zero-order valence-electron chi connectivity index (χ0n) is 12.2. The summed E-state index contributed by atoms with van der Waals surface area (Å²) in [6.07, 6.45) is 1.58. The number of thiazole rings is 1. The van der Waals surface area contributed by atoms with Crippen molar-refractivity contribution in [3.63, 3.8) is 0 Å². The van der Waals surface area contributed by atoms with Gasteiger partial charge < -0.3 is 0 Å². The molecule has 0 amide bonds. The second-order valence-corrected chi connectivity index (χ2v) is 6.06. The maximum Gasteiger partial charge on any atom is 0.269 e. The zero-order chi connectivity index (χ0) is 16.9. The first-order valence-corrected chi connectivity index (χ1v) is 8.12. The third-order valence-electron chi connectivity index (χ3n) is 3.12. The van der Waals surface area contributed by atoms with Crippen LogP contribution in [0.3, 0.4) is 0 Å². The fourth-order valence-electron chi connectivity index (χ4n) is 1.92. The van der Waals surface area contributed by atoms with E-state index in [-0.39, 0.29) is 5.69 Å². The molecule has 0 unspecified atom stereocenters. The smallest absolute Gasteiger partial charge is 0.258 e. The Hall–Kier alpha value is -2.77. The van der Waals surface area contributed by atoms with E-state index >= 15 is 0 Å². The summed E-state index contributed by atoms with van der Waals surface area (Å²) in [5.74, 6) is 0. The number of hydrazone groups is 1. The second kappa shape index (κ2) is 7.20. The molecule has 120 valence electrons. The van der Waals surface area contributed by atoms with Crippen molar-refractivity contribution in [3.8, 4) is 11.3 Å². The van der Waals surface area contributed by atoms with E-state index in [1.54, 1.807) is 18.3 Å². The molecule has 0 fully saturated rings. The highest BCUT2D eigenvalue weighted by Gasteiger charge is 2.04. The van der Waals surface area contributed by atoms with Crippen molar-refractivity contribution in [1.29, 1.82) is 0 Å². The normalized spacial score (nSPS) is 10.9. The number of non-ortho nitro benzene ring substituents is 1. The molecule has 1 N–H and O–H groups in total. The van der Waals surface area contributed by atoms with Crippen molar-refractivity contribution in [2.75, 3.05) is 5.43 Å². The number of hydrogen-bond donors (Lipinski definition) is 1. The molecule has 0 atom stereocenters. The Labute approximate surface area is 146 Å². The number of nitro groups is 1. The average Bonchev–Trinajstić information content (AvgIpc) is 3.05. The van der Waals surface area contributed by atoms with Gasteiger partial charge in [-0.25, -0.2) is 4.98 Å². The number of anilines is 1. The third kappa shape index (κ3) is 3.95. The van der Waals surface area contributed by atoms with Crippen LogP contribution < -0.4 is 5.43 Å². The van der Waals surface area contributed by atoms with E-state index in [4.69, 9.17) is 11.6 Å². The minimum Gasteiger partial charge on any atom is -0.258 e. The SMILES string of the molecule is O=[N+]([O-])c1ccc(/C=N\Nc2nc(-c3ccc(Cl)cc3)cs2)cc1. The lowest BCUT2D eigenvalue weighted by molar-refractivity contribution is -0.384. The molecule has 8 heteroatoms. The molecule has 3 rings (SSSR count). The van der Waals surface area contributed by atoms with E-state index in [1.807, 2.05) is 29.6 Å². The van der Waals surface area contributed by atoms with Gasteiger partial charge >= 0.3 is 0 Å². The molecule has 3 aromatic rings. The van der Waals surface area contributed by atoms with Gasteiger partial charge in [0.05, 0.1) is 16.8 Å². The third-order valence-corrected chi connectivity index (χ3v) is 4.12. The lowest BCUT2D eigenvalue weighted by atomic mass is 10.2. The van der Waals surface area contributed by atoms with Crippen LogP contribution in [0.5, 0.6) is 0 Å². The monoisotopic (exact) mass is 358 g/mol. The van der Waals surface area contributed by atoms with Crippen molar-refractivity contribution in [1.82, 2.24) is 4.98 Å². The molecule has 0 spiro atoms. The van der Waals surface area contributed by atoms with Gasteiger partial charge in [0.1, 0.15) is 0 Å². The summed E-state index contributed by atoms with van der Waals surface area (Å²) in [6.45, 7) is 0. The molecule has 24 heavy (non-hydrogen) atoms. The molecular weight excluding hydrogens is 348 g/mol. The Balaban J connectivity index is 1.64. The van der Waals surface area contributed by atoms with Crippen LogP contribution in [-0.2, 0) is 0 Å². The number of hydrogen-bond acceptors (Lipinski definition) is 6. The van der Waals surface area contributed by atoms with Crippen molar-refractivity contribution in [2.45, 2.75) is 0 Å². The van der Waals surface area contributed by atoms with Gasteiger partial charge in [0.25, 0.3) is 5.69 Å². The highest BCUT2D eigenvalue weighted by molar-refractivity contribution is 7.14. The molecule has 0 bridgehead atoms. The summed E-state index contributed by atoms with van der Waals surface area (Å²) in [5, 5.41) is 17.9. The van der Waals surface area contributed by atoms with Gasteiger partial charge in [-0.15, -0.1) is 11.3 Å². The van der Waals surface area contributed by atoms with Crippen LogP contribution in [0.2, 0.25) is 5.02 Å². The predicted octanol–water partition coefficient (Wildman–Crippen LogP) is 4.82. The Morgan fingerprint density at radius 2 is 1.88 bits per heavy atom. The molecule has 2 aromatic carbocycles. The van der Waals surface area contributed by atoms with E-state index in [0.717, 1.165) is 16.8 Å². The highest BCUT2D eigenvalue weighted by atomic mass is 35.5. The van der Waals surface area contributed by atoms with Crippen LogP contribution in [0.15, 0.2) is 59.0 Å². The fraction of sp³-hybridized carbons (Fsp3) is 0. The van der Waals surface area contributed by atoms with Crippen LogP contribution in [0.25, 0.3) is 11.3 Å². The molecule has 0 saturated heterocycles. The van der Waals surface area contributed by atoms with Crippen LogP contribution in [0, 0.1) is 10.1 Å². The summed E-state index contributed by atoms with van der Waals surface area (Å²) in [5.41, 5.74) is 5.46. The summed E-state index contributed by atoms with van der Waals surface area (Å²) >= 11 is 7.30. The van der Waals surface area contributed by atoms with E-state index in [9.17, 15) is 10.1 Å². The summed E-state index contributed by atoms with van der Waals surface area (Å²) in [7, 11) is 0. The van der Waals surface area contributed by atoms with Gasteiger partial charge in [-0.3, -0.25) is 15.5 Å². The first-order valence-electron chi connectivity index (χ1n) is 6.87. The first-order chi connectivity index (χ1) is 11.6. The standard InChI is InChI=1S/C16H11ClN4O2S/c17-13-5-3-12(4-6-13)15-10-24-16(19-15)20-18-9-11-1-7-14(8-2-11)21(22)23/h1-10H,(H,19,20)/b18-9-. The van der Waals surface area contributed by atoms with Crippen LogP contribution >= 0.6 is 22.9 Å². The Morgan fingerprint density at radius 1 is 1.17 bits per heavy atom. The Kier molecular flexibility index (Phi) is 4.83. The van der Waals surface area contributed by atoms with Gasteiger partial charge in [-0.2, -0.15) is 5.10 Å². The Morgan fingerprint density at radius 3 is 2.54 bits per heavy atom. The minimum atomic E-state index is -0.437. The molecule has 1 heterocycles. The van der Waals surface area contributed by atoms with Gasteiger partial charge in [0.2, 0.25) is 5.13 Å². The quantitative estimate of drug-likeness (QED) is 0.403. The van der Waals surface area contributed by atoms with Crippen molar-refractivity contribution in [3.05, 3.63) is 74.6 Å². The lowest BCUT2D eigenvalue weighted by Gasteiger charge is -1.97. The molecular formula is C16H11ClN4O2S. The van der Waals surface area contributed by atoms with Gasteiger partial charge in [-0.1, -0.05) is 23.7 Å². The van der Waals surface area contributed by atoms with E-state index in [2.05, 4.69) is 15.5 Å². The van der Waals surface area contributed by atoms with Crippen molar-refractivity contribution >= 4 is 40.0 Å². The number of nitrogens with zero attached hydrogens (tertiary/aromatic N) is 3. The maximum absolute atomic E-state index is 10.6.